The summed E-state index contributed by atoms with van der Waals surface area (Å²) in [5, 5.41) is 13.9. The van der Waals surface area contributed by atoms with Gasteiger partial charge in [0.25, 0.3) is 5.69 Å². The number of amides is 1. The van der Waals surface area contributed by atoms with Crippen molar-refractivity contribution in [2.75, 3.05) is 5.75 Å². The van der Waals surface area contributed by atoms with Gasteiger partial charge < -0.3 is 5.32 Å². The van der Waals surface area contributed by atoms with E-state index in [9.17, 15) is 14.9 Å². The molecule has 1 saturated carbocycles. The minimum absolute atomic E-state index is 0.0315. The van der Waals surface area contributed by atoms with Crippen molar-refractivity contribution in [1.29, 1.82) is 0 Å². The van der Waals surface area contributed by atoms with Gasteiger partial charge in [0, 0.05) is 18.2 Å². The van der Waals surface area contributed by atoms with Crippen molar-refractivity contribution in [2.24, 2.45) is 5.92 Å². The first-order valence-corrected chi connectivity index (χ1v) is 9.80. The minimum atomic E-state index is -0.412. The Bertz CT molecular complexity index is 762. The van der Waals surface area contributed by atoms with Crippen LogP contribution in [0.3, 0.4) is 0 Å². The third-order valence-corrected chi connectivity index (χ3v) is 6.51. The number of hydrogen-bond donors (Lipinski definition) is 1. The zero-order valence-corrected chi connectivity index (χ0v) is 15.0. The molecule has 2 atom stereocenters. The molecule has 1 aliphatic carbocycles. The molecule has 24 heavy (non-hydrogen) atoms. The maximum absolute atomic E-state index is 12.1. The van der Waals surface area contributed by atoms with Crippen molar-refractivity contribution in [1.82, 2.24) is 10.3 Å². The van der Waals surface area contributed by atoms with Crippen LogP contribution in [0.1, 0.15) is 32.6 Å². The Morgan fingerprint density at radius 3 is 3.00 bits per heavy atom. The molecule has 8 heteroatoms. The van der Waals surface area contributed by atoms with Crippen LogP contribution < -0.4 is 5.32 Å². The molecule has 0 saturated heterocycles. The van der Waals surface area contributed by atoms with E-state index >= 15 is 0 Å². The summed E-state index contributed by atoms with van der Waals surface area (Å²) in [6.45, 7) is 2.19. The number of fused-ring (bicyclic) bond motifs is 1. The first-order valence-electron chi connectivity index (χ1n) is 8.00. The average molecular weight is 365 g/mol. The number of thioether (sulfide) groups is 1. The third kappa shape index (κ3) is 4.05. The van der Waals surface area contributed by atoms with Crippen LogP contribution in [0.4, 0.5) is 5.69 Å². The number of nitro groups is 1. The number of nitro benzene ring substituents is 1. The number of thiazole rings is 1. The fourth-order valence-corrected chi connectivity index (χ4v) is 4.89. The largest absolute Gasteiger partial charge is 0.352 e. The Kier molecular flexibility index (Phi) is 5.35. The van der Waals surface area contributed by atoms with E-state index in [0.717, 1.165) is 21.0 Å². The second-order valence-electron chi connectivity index (χ2n) is 6.11. The van der Waals surface area contributed by atoms with E-state index in [1.54, 1.807) is 6.07 Å². The molecule has 0 bridgehead atoms. The zero-order valence-electron chi connectivity index (χ0n) is 13.4. The molecule has 0 aliphatic heterocycles. The number of hydrogen-bond acceptors (Lipinski definition) is 6. The van der Waals surface area contributed by atoms with Crippen LogP contribution in [0.15, 0.2) is 22.5 Å². The van der Waals surface area contributed by atoms with E-state index in [4.69, 9.17) is 0 Å². The molecule has 1 heterocycles. The van der Waals surface area contributed by atoms with Crippen molar-refractivity contribution < 1.29 is 9.72 Å². The first-order chi connectivity index (χ1) is 11.5. The van der Waals surface area contributed by atoms with Gasteiger partial charge in [-0.15, -0.1) is 11.3 Å². The molecule has 0 spiro atoms. The Morgan fingerprint density at radius 1 is 1.46 bits per heavy atom. The monoisotopic (exact) mass is 365 g/mol. The van der Waals surface area contributed by atoms with Gasteiger partial charge in [-0.3, -0.25) is 14.9 Å². The summed E-state index contributed by atoms with van der Waals surface area (Å²) in [6.07, 6.45) is 4.66. The number of carbonyl (C=O) groups excluding carboxylic acids is 1. The van der Waals surface area contributed by atoms with Gasteiger partial charge in [-0.2, -0.15) is 0 Å². The molecule has 3 rings (SSSR count). The summed E-state index contributed by atoms with van der Waals surface area (Å²) in [5.41, 5.74) is 0.793. The molecule has 0 unspecified atom stereocenters. The number of rotatable bonds is 5. The molecule has 1 N–H and O–H groups in total. The lowest BCUT2D eigenvalue weighted by atomic mass is 9.86. The second-order valence-corrected chi connectivity index (χ2v) is 8.37. The van der Waals surface area contributed by atoms with Crippen LogP contribution in [0.2, 0.25) is 0 Å². The van der Waals surface area contributed by atoms with Gasteiger partial charge in [-0.25, -0.2) is 4.98 Å². The number of non-ortho nitro benzene ring substituents is 1. The number of nitrogens with zero attached hydrogens (tertiary/aromatic N) is 2. The van der Waals surface area contributed by atoms with Gasteiger partial charge in [-0.1, -0.05) is 31.5 Å². The average Bonchev–Trinajstić information content (AvgIpc) is 2.97. The quantitative estimate of drug-likeness (QED) is 0.492. The highest BCUT2D eigenvalue weighted by Gasteiger charge is 2.22. The number of aromatic nitrogens is 1. The van der Waals surface area contributed by atoms with Crippen molar-refractivity contribution in [3.05, 3.63) is 28.3 Å². The zero-order chi connectivity index (χ0) is 17.1. The van der Waals surface area contributed by atoms with Gasteiger partial charge in [-0.05, 0) is 24.8 Å². The van der Waals surface area contributed by atoms with Crippen LogP contribution in [0.5, 0.6) is 0 Å². The lowest BCUT2D eigenvalue weighted by Gasteiger charge is -2.29. The summed E-state index contributed by atoms with van der Waals surface area (Å²) in [4.78, 5) is 27.0. The third-order valence-electron chi connectivity index (χ3n) is 4.35. The van der Waals surface area contributed by atoms with Gasteiger partial charge in [0.05, 0.1) is 20.9 Å². The minimum Gasteiger partial charge on any atom is -0.352 e. The molecular weight excluding hydrogens is 346 g/mol. The highest BCUT2D eigenvalue weighted by molar-refractivity contribution is 8.01. The molecular formula is C16H19N3O3S2. The van der Waals surface area contributed by atoms with E-state index in [-0.39, 0.29) is 17.6 Å². The van der Waals surface area contributed by atoms with Crippen molar-refractivity contribution in [2.45, 2.75) is 43.0 Å². The Labute approximate surface area is 148 Å². The summed E-state index contributed by atoms with van der Waals surface area (Å²) in [6, 6.07) is 4.91. The lowest BCUT2D eigenvalue weighted by Crippen LogP contribution is -2.41. The van der Waals surface area contributed by atoms with E-state index in [1.807, 2.05) is 0 Å². The second kappa shape index (κ2) is 7.48. The summed E-state index contributed by atoms with van der Waals surface area (Å²) in [7, 11) is 0. The predicted octanol–water partition coefficient (Wildman–Crippen LogP) is 3.99. The van der Waals surface area contributed by atoms with E-state index in [2.05, 4.69) is 17.2 Å². The smallest absolute Gasteiger partial charge is 0.270 e. The Hall–Kier alpha value is -1.67. The standard InChI is InChI=1S/C16H19N3O3S2/c1-10-4-2-3-5-12(10)17-15(20)9-23-16-18-13-7-6-11(19(21)22)8-14(13)24-16/h6-8,10,12H,2-5,9H2,1H3,(H,17,20)/t10-,12-/m1/s1. The van der Waals surface area contributed by atoms with Gasteiger partial charge in [0.15, 0.2) is 4.34 Å². The fraction of sp³-hybridized carbons (Fsp3) is 0.500. The molecule has 1 aromatic carbocycles. The van der Waals surface area contributed by atoms with E-state index in [0.29, 0.717) is 11.7 Å². The SMILES string of the molecule is C[C@@H]1CCCC[C@H]1NC(=O)CSc1nc2ccc([N+](=O)[O-])cc2s1. The summed E-state index contributed by atoms with van der Waals surface area (Å²) < 4.78 is 1.53. The number of benzene rings is 1. The van der Waals surface area contributed by atoms with Crippen LogP contribution >= 0.6 is 23.1 Å². The Morgan fingerprint density at radius 2 is 2.25 bits per heavy atom. The van der Waals surface area contributed by atoms with Crippen molar-refractivity contribution >= 4 is 44.9 Å². The van der Waals surface area contributed by atoms with E-state index in [1.165, 1.54) is 54.5 Å². The van der Waals surface area contributed by atoms with Crippen LogP contribution in [-0.2, 0) is 4.79 Å². The molecule has 1 aliphatic rings. The molecule has 6 nitrogen and oxygen atoms in total. The maximum atomic E-state index is 12.1. The topological polar surface area (TPSA) is 85.1 Å². The normalized spacial score (nSPS) is 20.9. The fourth-order valence-electron chi connectivity index (χ4n) is 2.97. The Balaban J connectivity index is 1.58. The van der Waals surface area contributed by atoms with E-state index < -0.39 is 4.92 Å². The molecule has 2 aromatic rings. The predicted molar refractivity (Wildman–Crippen MR) is 96.6 cm³/mol. The van der Waals surface area contributed by atoms with Crippen LogP contribution in [-0.4, -0.2) is 27.6 Å². The summed E-state index contributed by atoms with van der Waals surface area (Å²) in [5.74, 6) is 0.894. The molecule has 1 fully saturated rings. The molecule has 1 aromatic heterocycles. The molecule has 0 radical (unpaired) electrons. The van der Waals surface area contributed by atoms with Gasteiger partial charge in [0.1, 0.15) is 0 Å². The number of carbonyl (C=O) groups is 1. The molecule has 1 amide bonds. The lowest BCUT2D eigenvalue weighted by molar-refractivity contribution is -0.384. The van der Waals surface area contributed by atoms with Crippen LogP contribution in [0.25, 0.3) is 10.2 Å². The highest BCUT2D eigenvalue weighted by Crippen LogP contribution is 2.32. The maximum Gasteiger partial charge on any atom is 0.270 e. The number of nitrogens with one attached hydrogen (secondary N) is 1. The summed E-state index contributed by atoms with van der Waals surface area (Å²) >= 11 is 2.77. The van der Waals surface area contributed by atoms with Gasteiger partial charge in [0.2, 0.25) is 5.91 Å². The van der Waals surface area contributed by atoms with Gasteiger partial charge >= 0.3 is 0 Å². The highest BCUT2D eigenvalue weighted by atomic mass is 32.2. The van der Waals surface area contributed by atoms with Crippen LogP contribution in [0, 0.1) is 16.0 Å². The van der Waals surface area contributed by atoms with Crippen molar-refractivity contribution in [3.8, 4) is 0 Å². The molecule has 128 valence electrons. The van der Waals surface area contributed by atoms with Crippen molar-refractivity contribution in [3.63, 3.8) is 0 Å². The first kappa shape index (κ1) is 17.2.